The average molecular weight is 361 g/mol. The Morgan fingerprint density at radius 3 is 2.67 bits per heavy atom. The molecule has 5 nitrogen and oxygen atoms in total. The number of carbonyl (C=O) groups is 1. The summed E-state index contributed by atoms with van der Waals surface area (Å²) >= 11 is 0. The normalized spacial score (nSPS) is 18.3. The molecule has 0 aromatic heterocycles. The van der Waals surface area contributed by atoms with E-state index in [9.17, 15) is 9.90 Å². The molecule has 1 unspecified atom stereocenters. The average Bonchev–Trinajstić information content (AvgIpc) is 2.64. The van der Waals surface area contributed by atoms with Gasteiger partial charge in [-0.25, -0.2) is 4.99 Å². The molecule has 0 aliphatic carbocycles. The van der Waals surface area contributed by atoms with Gasteiger partial charge in [-0.05, 0) is 61.6 Å². The summed E-state index contributed by atoms with van der Waals surface area (Å²) in [6.07, 6.45) is 2.56. The van der Waals surface area contributed by atoms with Crippen molar-refractivity contribution in [1.82, 2.24) is 5.32 Å². The van der Waals surface area contributed by atoms with E-state index in [1.54, 1.807) is 6.08 Å². The quantitative estimate of drug-likeness (QED) is 0.879. The fourth-order valence-electron chi connectivity index (χ4n) is 3.58. The van der Waals surface area contributed by atoms with Gasteiger partial charge in [-0.15, -0.1) is 0 Å². The maximum absolute atomic E-state index is 12.4. The van der Waals surface area contributed by atoms with E-state index in [-0.39, 0.29) is 5.91 Å². The molecule has 0 saturated carbocycles. The molecule has 5 heteroatoms. The Morgan fingerprint density at radius 2 is 1.89 bits per heavy atom. The molecule has 2 aromatic rings. The molecule has 0 saturated heterocycles. The molecule has 0 bridgehead atoms. The van der Waals surface area contributed by atoms with Crippen LogP contribution < -0.4 is 10.2 Å². The molecular weight excluding hydrogens is 338 g/mol. The Balaban J connectivity index is 1.68. The Kier molecular flexibility index (Phi) is 4.54. The maximum Gasteiger partial charge on any atom is 0.274 e. The minimum absolute atomic E-state index is 0.336. The van der Waals surface area contributed by atoms with Crippen LogP contribution in [0.2, 0.25) is 0 Å². The number of carbonyl (C=O) groups excluding carboxylic acids is 1. The topological polar surface area (TPSA) is 64.9 Å². The SMILES string of the molecule is Cc1cc2c(cc1C)N(CCCc1ccccc1)C1=CC(O)NC(=O)C1=N2. The van der Waals surface area contributed by atoms with Crippen LogP contribution in [-0.4, -0.2) is 29.5 Å². The Bertz CT molecular complexity index is 948. The van der Waals surface area contributed by atoms with Crippen molar-refractivity contribution in [3.05, 3.63) is 70.9 Å². The van der Waals surface area contributed by atoms with E-state index in [1.807, 2.05) is 31.2 Å². The molecule has 1 atom stereocenters. The summed E-state index contributed by atoms with van der Waals surface area (Å²) in [6, 6.07) is 14.5. The van der Waals surface area contributed by atoms with E-state index in [4.69, 9.17) is 0 Å². The number of rotatable bonds is 4. The van der Waals surface area contributed by atoms with Gasteiger partial charge in [0.2, 0.25) is 0 Å². The molecule has 1 amide bonds. The standard InChI is InChI=1S/C22H23N3O2/c1-14-11-17-18(12-15(14)2)25(10-6-9-16-7-4-3-5-8-16)19-13-20(26)24-22(27)21(19)23-17/h3-5,7-8,11-13,20,26H,6,9-10H2,1-2H3,(H,24,27). The molecule has 2 N–H and O–H groups in total. The zero-order valence-electron chi connectivity index (χ0n) is 15.6. The number of hydrogen-bond donors (Lipinski definition) is 2. The number of nitrogens with zero attached hydrogens (tertiary/aromatic N) is 2. The third kappa shape index (κ3) is 3.38. The number of aliphatic imine (C=N–C) groups is 1. The van der Waals surface area contributed by atoms with Crippen LogP contribution in [0.4, 0.5) is 11.4 Å². The largest absolute Gasteiger partial charge is 0.370 e. The number of anilines is 1. The molecule has 27 heavy (non-hydrogen) atoms. The highest BCUT2D eigenvalue weighted by atomic mass is 16.3. The monoisotopic (exact) mass is 361 g/mol. The van der Waals surface area contributed by atoms with Crippen LogP contribution >= 0.6 is 0 Å². The van der Waals surface area contributed by atoms with Gasteiger partial charge in [-0.1, -0.05) is 30.3 Å². The molecular formula is C22H23N3O2. The third-order valence-corrected chi connectivity index (χ3v) is 5.15. The zero-order valence-corrected chi connectivity index (χ0v) is 15.6. The molecule has 0 spiro atoms. The van der Waals surface area contributed by atoms with Crippen LogP contribution in [0.1, 0.15) is 23.1 Å². The van der Waals surface area contributed by atoms with Gasteiger partial charge in [0.25, 0.3) is 5.91 Å². The zero-order chi connectivity index (χ0) is 19.0. The minimum atomic E-state index is -0.990. The van der Waals surface area contributed by atoms with Crippen LogP contribution in [-0.2, 0) is 11.2 Å². The number of aryl methyl sites for hydroxylation is 3. The second-order valence-electron chi connectivity index (χ2n) is 7.10. The van der Waals surface area contributed by atoms with E-state index in [0.717, 1.165) is 36.3 Å². The van der Waals surface area contributed by atoms with E-state index in [0.29, 0.717) is 11.4 Å². The van der Waals surface area contributed by atoms with E-state index in [2.05, 4.69) is 40.3 Å². The number of aliphatic hydroxyl groups excluding tert-OH is 1. The van der Waals surface area contributed by atoms with Crippen molar-refractivity contribution in [1.29, 1.82) is 0 Å². The number of hydrogen-bond acceptors (Lipinski definition) is 4. The third-order valence-electron chi connectivity index (χ3n) is 5.15. The van der Waals surface area contributed by atoms with Crippen LogP contribution in [0.15, 0.2) is 59.2 Å². The van der Waals surface area contributed by atoms with E-state index >= 15 is 0 Å². The molecule has 2 aliphatic rings. The van der Waals surface area contributed by atoms with Crippen molar-refractivity contribution < 1.29 is 9.90 Å². The van der Waals surface area contributed by atoms with E-state index < -0.39 is 6.23 Å². The van der Waals surface area contributed by atoms with Crippen molar-refractivity contribution in [2.45, 2.75) is 32.9 Å². The van der Waals surface area contributed by atoms with Gasteiger partial charge in [0.1, 0.15) is 6.23 Å². The first-order valence-electron chi connectivity index (χ1n) is 9.25. The molecule has 2 aliphatic heterocycles. The summed E-state index contributed by atoms with van der Waals surface area (Å²) in [6.45, 7) is 4.87. The first kappa shape index (κ1) is 17.5. The van der Waals surface area contributed by atoms with Gasteiger partial charge in [0, 0.05) is 6.54 Å². The summed E-state index contributed by atoms with van der Waals surface area (Å²) in [4.78, 5) is 19.1. The summed E-state index contributed by atoms with van der Waals surface area (Å²) in [5.41, 5.74) is 6.47. The number of amides is 1. The Labute approximate surface area is 159 Å². The molecule has 2 heterocycles. The van der Waals surface area contributed by atoms with Gasteiger partial charge < -0.3 is 15.3 Å². The van der Waals surface area contributed by atoms with Crippen LogP contribution in [0.5, 0.6) is 0 Å². The number of fused-ring (bicyclic) bond motifs is 2. The smallest absolute Gasteiger partial charge is 0.274 e. The van der Waals surface area contributed by atoms with Gasteiger partial charge in [0.05, 0.1) is 17.1 Å². The van der Waals surface area contributed by atoms with Crippen molar-refractivity contribution in [2.75, 3.05) is 11.4 Å². The van der Waals surface area contributed by atoms with Gasteiger partial charge in [-0.2, -0.15) is 0 Å². The Hall–Kier alpha value is -2.92. The first-order chi connectivity index (χ1) is 13.0. The number of aliphatic hydroxyl groups is 1. The molecule has 4 rings (SSSR count). The molecule has 0 fully saturated rings. The minimum Gasteiger partial charge on any atom is -0.370 e. The van der Waals surface area contributed by atoms with Gasteiger partial charge in [-0.3, -0.25) is 4.79 Å². The summed E-state index contributed by atoms with van der Waals surface area (Å²) in [5.74, 6) is -0.336. The lowest BCUT2D eigenvalue weighted by Gasteiger charge is -2.35. The second-order valence-corrected chi connectivity index (χ2v) is 7.10. The van der Waals surface area contributed by atoms with Crippen molar-refractivity contribution >= 4 is 23.0 Å². The predicted octanol–water partition coefficient (Wildman–Crippen LogP) is 3.16. The summed E-state index contributed by atoms with van der Waals surface area (Å²) in [5, 5.41) is 12.5. The van der Waals surface area contributed by atoms with Crippen LogP contribution in [0, 0.1) is 13.8 Å². The predicted molar refractivity (Wildman–Crippen MR) is 107 cm³/mol. The van der Waals surface area contributed by atoms with Gasteiger partial charge in [0.15, 0.2) is 5.71 Å². The highest BCUT2D eigenvalue weighted by molar-refractivity contribution is 6.47. The Morgan fingerprint density at radius 1 is 1.15 bits per heavy atom. The fourth-order valence-corrected chi connectivity index (χ4v) is 3.58. The number of nitrogens with one attached hydrogen (secondary N) is 1. The fraction of sp³-hybridized carbons (Fsp3) is 0.273. The highest BCUT2D eigenvalue weighted by Crippen LogP contribution is 2.39. The molecule has 2 aromatic carbocycles. The summed E-state index contributed by atoms with van der Waals surface area (Å²) in [7, 11) is 0. The summed E-state index contributed by atoms with van der Waals surface area (Å²) < 4.78 is 0. The first-order valence-corrected chi connectivity index (χ1v) is 9.25. The lowest BCUT2D eigenvalue weighted by Crippen LogP contribution is -2.48. The van der Waals surface area contributed by atoms with Gasteiger partial charge >= 0.3 is 0 Å². The highest BCUT2D eigenvalue weighted by Gasteiger charge is 2.33. The number of benzene rings is 2. The van der Waals surface area contributed by atoms with Crippen molar-refractivity contribution in [3.8, 4) is 0 Å². The van der Waals surface area contributed by atoms with Crippen molar-refractivity contribution in [3.63, 3.8) is 0 Å². The van der Waals surface area contributed by atoms with Crippen LogP contribution in [0.3, 0.4) is 0 Å². The van der Waals surface area contributed by atoms with Crippen LogP contribution in [0.25, 0.3) is 0 Å². The van der Waals surface area contributed by atoms with Crippen molar-refractivity contribution in [2.24, 2.45) is 4.99 Å². The molecule has 138 valence electrons. The van der Waals surface area contributed by atoms with E-state index in [1.165, 1.54) is 11.1 Å². The lowest BCUT2D eigenvalue weighted by atomic mass is 10.0. The lowest BCUT2D eigenvalue weighted by molar-refractivity contribution is -0.117. The molecule has 0 radical (unpaired) electrons. The second kappa shape index (κ2) is 7.00. The maximum atomic E-state index is 12.4.